The van der Waals surface area contributed by atoms with Gasteiger partial charge in [0.2, 0.25) is 0 Å². The molecule has 0 radical (unpaired) electrons. The summed E-state index contributed by atoms with van der Waals surface area (Å²) in [7, 11) is 1.86. The van der Waals surface area contributed by atoms with Crippen molar-refractivity contribution in [1.29, 1.82) is 0 Å². The second-order valence-electron chi connectivity index (χ2n) is 4.80. The number of nitrogen functional groups attached to an aromatic ring is 1. The number of hydrogen-bond acceptors (Lipinski definition) is 3. The van der Waals surface area contributed by atoms with Gasteiger partial charge in [0.15, 0.2) is 5.82 Å². The van der Waals surface area contributed by atoms with Gasteiger partial charge in [0.25, 0.3) is 0 Å². The van der Waals surface area contributed by atoms with Crippen LogP contribution in [-0.4, -0.2) is 19.6 Å². The molecular formula is C12H18ClN5. The highest BCUT2D eigenvalue weighted by Gasteiger charge is 2.20. The number of aromatic nitrogens is 4. The third-order valence-corrected chi connectivity index (χ3v) is 3.58. The number of rotatable bonds is 2. The molecule has 2 aromatic rings. The van der Waals surface area contributed by atoms with Gasteiger partial charge in [-0.15, -0.1) is 0 Å². The van der Waals surface area contributed by atoms with Crippen LogP contribution in [0.4, 0.5) is 5.69 Å². The second-order valence-corrected chi connectivity index (χ2v) is 5.18. The molecule has 2 aromatic heterocycles. The maximum atomic E-state index is 6.18. The predicted molar refractivity (Wildman–Crippen MR) is 73.3 cm³/mol. The smallest absolute Gasteiger partial charge is 0.175 e. The first-order chi connectivity index (χ1) is 8.34. The zero-order valence-electron chi connectivity index (χ0n) is 11.3. The Labute approximate surface area is 112 Å². The third-order valence-electron chi connectivity index (χ3n) is 3.03. The highest BCUT2D eigenvalue weighted by atomic mass is 35.5. The fourth-order valence-electron chi connectivity index (χ4n) is 2.06. The summed E-state index contributed by atoms with van der Waals surface area (Å²) in [5, 5.41) is 9.54. The maximum Gasteiger partial charge on any atom is 0.175 e. The van der Waals surface area contributed by atoms with Gasteiger partial charge in [-0.2, -0.15) is 10.2 Å². The van der Waals surface area contributed by atoms with Gasteiger partial charge in [0.1, 0.15) is 5.69 Å². The molecule has 0 bridgehead atoms. The second kappa shape index (κ2) is 4.31. The topological polar surface area (TPSA) is 61.7 Å². The summed E-state index contributed by atoms with van der Waals surface area (Å²) < 4.78 is 3.51. The van der Waals surface area contributed by atoms with Gasteiger partial charge in [-0.3, -0.25) is 0 Å². The van der Waals surface area contributed by atoms with Crippen molar-refractivity contribution in [2.75, 3.05) is 5.73 Å². The minimum atomic E-state index is 0.275. The molecule has 2 N–H and O–H groups in total. The molecule has 0 amide bonds. The lowest BCUT2D eigenvalue weighted by atomic mass is 10.1. The minimum absolute atomic E-state index is 0.275. The van der Waals surface area contributed by atoms with Gasteiger partial charge in [0, 0.05) is 7.05 Å². The largest absolute Gasteiger partial charge is 0.394 e. The normalized spacial score (nSPS) is 11.5. The van der Waals surface area contributed by atoms with Gasteiger partial charge in [-0.05, 0) is 19.8 Å². The summed E-state index contributed by atoms with van der Waals surface area (Å²) in [6.45, 7) is 7.93. The monoisotopic (exact) mass is 267 g/mol. The molecule has 2 rings (SSSR count). The highest BCUT2D eigenvalue weighted by molar-refractivity contribution is 6.31. The summed E-state index contributed by atoms with van der Waals surface area (Å²) in [4.78, 5) is 0. The first-order valence-corrected chi connectivity index (χ1v) is 6.26. The van der Waals surface area contributed by atoms with Crippen LogP contribution < -0.4 is 5.73 Å². The van der Waals surface area contributed by atoms with Crippen LogP contribution in [0.1, 0.15) is 36.8 Å². The molecule has 0 aliphatic rings. The Morgan fingerprint density at radius 3 is 2.22 bits per heavy atom. The van der Waals surface area contributed by atoms with E-state index in [-0.39, 0.29) is 5.92 Å². The minimum Gasteiger partial charge on any atom is -0.394 e. The first-order valence-electron chi connectivity index (χ1n) is 5.89. The van der Waals surface area contributed by atoms with E-state index >= 15 is 0 Å². The average Bonchev–Trinajstić information content (AvgIpc) is 2.71. The zero-order chi connectivity index (χ0) is 13.6. The van der Waals surface area contributed by atoms with Crippen LogP contribution in [0.2, 0.25) is 5.02 Å². The lowest BCUT2D eigenvalue weighted by molar-refractivity contribution is 0.668. The van der Waals surface area contributed by atoms with E-state index in [2.05, 4.69) is 24.0 Å². The van der Waals surface area contributed by atoms with Crippen LogP contribution in [0.3, 0.4) is 0 Å². The Morgan fingerprint density at radius 1 is 1.22 bits per heavy atom. The van der Waals surface area contributed by atoms with E-state index < -0.39 is 0 Å². The molecule has 0 saturated carbocycles. The first kappa shape index (κ1) is 13.0. The molecule has 0 aliphatic carbocycles. The van der Waals surface area contributed by atoms with Crippen molar-refractivity contribution >= 4 is 17.3 Å². The maximum absolute atomic E-state index is 6.18. The molecule has 0 unspecified atom stereocenters. The van der Waals surface area contributed by atoms with E-state index in [9.17, 15) is 0 Å². The Balaban J connectivity index is 2.68. The number of nitrogens with two attached hydrogens (primary N) is 1. The summed E-state index contributed by atoms with van der Waals surface area (Å²) in [5.41, 5.74) is 9.39. The number of hydrogen-bond donors (Lipinski definition) is 1. The number of anilines is 1. The molecular weight excluding hydrogens is 250 g/mol. The standard InChI is InChI=1S/C12H18ClN5/c1-6(2)11-10(14)12(17(5)16-11)18-8(4)9(13)7(3)15-18/h6H,14H2,1-5H3. The molecule has 0 atom stereocenters. The molecule has 0 aromatic carbocycles. The van der Waals surface area contributed by atoms with Crippen LogP contribution in [0, 0.1) is 13.8 Å². The molecule has 0 saturated heterocycles. The molecule has 0 fully saturated rings. The molecule has 0 aliphatic heterocycles. The van der Waals surface area contributed by atoms with Crippen LogP contribution in [0.15, 0.2) is 0 Å². The molecule has 0 spiro atoms. The van der Waals surface area contributed by atoms with Crippen LogP contribution in [0.5, 0.6) is 0 Å². The third kappa shape index (κ3) is 1.79. The van der Waals surface area contributed by atoms with E-state index in [0.717, 1.165) is 22.9 Å². The Hall–Kier alpha value is -1.49. The van der Waals surface area contributed by atoms with Crippen molar-refractivity contribution in [3.63, 3.8) is 0 Å². The van der Waals surface area contributed by atoms with Gasteiger partial charge in [-0.1, -0.05) is 25.4 Å². The van der Waals surface area contributed by atoms with E-state index in [1.54, 1.807) is 9.36 Å². The highest BCUT2D eigenvalue weighted by Crippen LogP contribution is 2.29. The van der Waals surface area contributed by atoms with Crippen molar-refractivity contribution in [2.45, 2.75) is 33.6 Å². The van der Waals surface area contributed by atoms with Crippen LogP contribution in [-0.2, 0) is 7.05 Å². The van der Waals surface area contributed by atoms with E-state index in [4.69, 9.17) is 17.3 Å². The average molecular weight is 268 g/mol. The SMILES string of the molecule is Cc1nn(-c2c(N)c(C(C)C)nn2C)c(C)c1Cl. The summed E-state index contributed by atoms with van der Waals surface area (Å²) in [6.07, 6.45) is 0. The molecule has 18 heavy (non-hydrogen) atoms. The van der Waals surface area contributed by atoms with Crippen molar-refractivity contribution in [2.24, 2.45) is 7.05 Å². The fourth-order valence-corrected chi connectivity index (χ4v) is 2.18. The molecule has 98 valence electrons. The number of halogens is 1. The zero-order valence-corrected chi connectivity index (χ0v) is 12.1. The van der Waals surface area contributed by atoms with Gasteiger partial charge < -0.3 is 5.73 Å². The lowest BCUT2D eigenvalue weighted by Gasteiger charge is -2.06. The fraction of sp³-hybridized carbons (Fsp3) is 0.500. The van der Waals surface area contributed by atoms with Crippen molar-refractivity contribution in [1.82, 2.24) is 19.6 Å². The van der Waals surface area contributed by atoms with Crippen LogP contribution >= 0.6 is 11.6 Å². The Kier molecular flexibility index (Phi) is 3.11. The quantitative estimate of drug-likeness (QED) is 0.910. The van der Waals surface area contributed by atoms with Gasteiger partial charge in [0.05, 0.1) is 22.1 Å². The van der Waals surface area contributed by atoms with Crippen molar-refractivity contribution in [3.8, 4) is 5.82 Å². The summed E-state index contributed by atoms with van der Waals surface area (Å²) in [6, 6.07) is 0. The van der Waals surface area contributed by atoms with Crippen molar-refractivity contribution in [3.05, 3.63) is 22.1 Å². The Bertz CT molecular complexity index is 594. The predicted octanol–water partition coefficient (Wildman–Crippen LogP) is 2.58. The molecule has 5 nitrogen and oxygen atoms in total. The van der Waals surface area contributed by atoms with Crippen molar-refractivity contribution < 1.29 is 0 Å². The Morgan fingerprint density at radius 2 is 1.83 bits per heavy atom. The summed E-state index contributed by atoms with van der Waals surface area (Å²) >= 11 is 6.17. The van der Waals surface area contributed by atoms with E-state index in [1.165, 1.54) is 0 Å². The summed E-state index contributed by atoms with van der Waals surface area (Å²) in [5.74, 6) is 1.04. The number of nitrogens with zero attached hydrogens (tertiary/aromatic N) is 4. The molecule has 2 heterocycles. The van der Waals surface area contributed by atoms with E-state index in [0.29, 0.717) is 10.7 Å². The van der Waals surface area contributed by atoms with Gasteiger partial charge >= 0.3 is 0 Å². The van der Waals surface area contributed by atoms with Crippen LogP contribution in [0.25, 0.3) is 5.82 Å². The van der Waals surface area contributed by atoms with Gasteiger partial charge in [-0.25, -0.2) is 9.36 Å². The van der Waals surface area contributed by atoms with E-state index in [1.807, 2.05) is 20.9 Å². The number of aryl methyl sites for hydroxylation is 2. The molecule has 6 heteroatoms. The lowest BCUT2D eigenvalue weighted by Crippen LogP contribution is -2.08.